The Morgan fingerprint density at radius 3 is 2.69 bits per heavy atom. The second-order valence-corrected chi connectivity index (χ2v) is 10.0. The highest BCUT2D eigenvalue weighted by Crippen LogP contribution is 2.41. The molecule has 1 N–H and O–H groups in total. The molecule has 3 aromatic rings. The first kappa shape index (κ1) is 25.8. The molecule has 1 aromatic heterocycles. The van der Waals surface area contributed by atoms with Gasteiger partial charge in [0.2, 0.25) is 0 Å². The van der Waals surface area contributed by atoms with Crippen LogP contribution >= 0.6 is 11.6 Å². The van der Waals surface area contributed by atoms with Gasteiger partial charge in [0, 0.05) is 23.8 Å². The number of aryl methyl sites for hydroxylation is 1. The summed E-state index contributed by atoms with van der Waals surface area (Å²) in [5.41, 5.74) is 1.57. The molecule has 7 heteroatoms. The van der Waals surface area contributed by atoms with Gasteiger partial charge in [-0.05, 0) is 93.4 Å². The number of benzene rings is 2. The number of methoxy groups -OCH3 is 1. The minimum absolute atomic E-state index is 0.0431. The molecule has 2 heterocycles. The number of hydrogen-bond acceptors (Lipinski definition) is 4. The van der Waals surface area contributed by atoms with Gasteiger partial charge in [0.15, 0.2) is 0 Å². The van der Waals surface area contributed by atoms with E-state index in [4.69, 9.17) is 16.3 Å². The third-order valence-corrected chi connectivity index (χ3v) is 7.74. The summed E-state index contributed by atoms with van der Waals surface area (Å²) in [7, 11) is 1.57. The first-order valence-electron chi connectivity index (χ1n) is 12.3. The van der Waals surface area contributed by atoms with Gasteiger partial charge in [-0.15, -0.1) is 0 Å². The molecule has 0 bridgehead atoms. The van der Waals surface area contributed by atoms with Crippen LogP contribution in [-0.2, 0) is 6.42 Å². The van der Waals surface area contributed by atoms with E-state index < -0.39 is 6.17 Å². The van der Waals surface area contributed by atoms with Gasteiger partial charge in [-0.2, -0.15) is 0 Å². The number of fused-ring (bicyclic) bond motifs is 1. The number of piperidine rings is 1. The highest BCUT2D eigenvalue weighted by atomic mass is 35.5. The van der Waals surface area contributed by atoms with Gasteiger partial charge in [-0.3, -0.25) is 4.98 Å². The van der Waals surface area contributed by atoms with E-state index in [1.54, 1.807) is 31.4 Å². The first-order chi connectivity index (χ1) is 16.9. The maximum Gasteiger partial charge on any atom is 0.127 e. The number of likely N-dealkylation sites (tertiary alicyclic amines) is 1. The van der Waals surface area contributed by atoms with Crippen LogP contribution in [0.2, 0.25) is 5.02 Å². The molecule has 1 aliphatic heterocycles. The lowest BCUT2D eigenvalue weighted by molar-refractivity contribution is 0.0300. The zero-order chi connectivity index (χ0) is 24.8. The van der Waals surface area contributed by atoms with Crippen LogP contribution in [0.4, 0.5) is 8.78 Å². The lowest BCUT2D eigenvalue weighted by atomic mass is 9.74. The van der Waals surface area contributed by atoms with Crippen LogP contribution in [0.1, 0.15) is 49.4 Å². The lowest BCUT2D eigenvalue weighted by Crippen LogP contribution is -2.42. The normalized spacial score (nSPS) is 16.9. The van der Waals surface area contributed by atoms with Crippen molar-refractivity contribution in [2.24, 2.45) is 5.41 Å². The molecular weight excluding hydrogens is 470 g/mol. The molecule has 4 nitrogen and oxygen atoms in total. The Bertz CT molecular complexity index is 1140. The van der Waals surface area contributed by atoms with E-state index in [1.807, 2.05) is 12.1 Å². The van der Waals surface area contributed by atoms with Crippen molar-refractivity contribution in [3.8, 4) is 5.75 Å². The largest absolute Gasteiger partial charge is 0.497 e. The highest BCUT2D eigenvalue weighted by molar-refractivity contribution is 6.32. The van der Waals surface area contributed by atoms with Crippen LogP contribution in [0.5, 0.6) is 5.75 Å². The fraction of sp³-hybridized carbons (Fsp3) is 0.464. The zero-order valence-electron chi connectivity index (χ0n) is 20.2. The summed E-state index contributed by atoms with van der Waals surface area (Å²) < 4.78 is 34.7. The van der Waals surface area contributed by atoms with Gasteiger partial charge in [-0.25, -0.2) is 8.78 Å². The summed E-state index contributed by atoms with van der Waals surface area (Å²) in [6.07, 6.45) is 4.33. The quantitative estimate of drug-likeness (QED) is 0.342. The summed E-state index contributed by atoms with van der Waals surface area (Å²) in [4.78, 5) is 6.68. The van der Waals surface area contributed by atoms with Crippen molar-refractivity contribution in [2.75, 3.05) is 33.4 Å². The van der Waals surface area contributed by atoms with Crippen molar-refractivity contribution in [3.63, 3.8) is 0 Å². The third-order valence-electron chi connectivity index (χ3n) is 7.44. The Balaban J connectivity index is 1.34. The van der Waals surface area contributed by atoms with E-state index in [2.05, 4.69) is 9.88 Å². The fourth-order valence-electron chi connectivity index (χ4n) is 5.12. The summed E-state index contributed by atoms with van der Waals surface area (Å²) in [5, 5.41) is 11.2. The minimum atomic E-state index is -1.26. The first-order valence-corrected chi connectivity index (χ1v) is 12.7. The molecule has 0 aliphatic carbocycles. The standard InChI is InChI=1S/C28H33ClF2N2O2/c1-35-21-8-9-26-22(17-21)27(23(29)18-32-26)25(31)10-11-28(19-34)12-15-33(16-13-28)14-4-6-20-5-2-3-7-24(20)30/h2-3,5,7-9,17-18,25,34H,4,6,10-16,19H2,1H3. The number of aliphatic hydroxyl groups is 1. The fourth-order valence-corrected chi connectivity index (χ4v) is 5.39. The number of hydrogen-bond donors (Lipinski definition) is 1. The van der Waals surface area contributed by atoms with Crippen LogP contribution in [0.15, 0.2) is 48.7 Å². The van der Waals surface area contributed by atoms with Crippen molar-refractivity contribution in [2.45, 2.75) is 44.7 Å². The number of pyridine rings is 1. The molecular formula is C28H33ClF2N2O2. The predicted molar refractivity (Wildman–Crippen MR) is 136 cm³/mol. The third kappa shape index (κ3) is 6.11. The van der Waals surface area contributed by atoms with Crippen LogP contribution in [0.3, 0.4) is 0 Å². The van der Waals surface area contributed by atoms with E-state index in [0.29, 0.717) is 40.1 Å². The monoisotopic (exact) mass is 502 g/mol. The number of alkyl halides is 1. The van der Waals surface area contributed by atoms with Gasteiger partial charge in [0.05, 0.1) is 17.6 Å². The molecule has 1 fully saturated rings. The lowest BCUT2D eigenvalue weighted by Gasteiger charge is -2.41. The maximum atomic E-state index is 15.6. The Hall–Kier alpha value is -2.28. The molecule has 188 valence electrons. The van der Waals surface area contributed by atoms with Crippen LogP contribution < -0.4 is 4.74 Å². The van der Waals surface area contributed by atoms with E-state index in [1.165, 1.54) is 12.3 Å². The Kier molecular flexibility index (Phi) is 8.58. The van der Waals surface area contributed by atoms with Gasteiger partial charge < -0.3 is 14.7 Å². The summed E-state index contributed by atoms with van der Waals surface area (Å²) in [6, 6.07) is 12.3. The van der Waals surface area contributed by atoms with Crippen LogP contribution in [0, 0.1) is 11.2 Å². The topological polar surface area (TPSA) is 45.6 Å². The smallest absolute Gasteiger partial charge is 0.127 e. The molecule has 1 unspecified atom stereocenters. The number of nitrogens with zero attached hydrogens (tertiary/aromatic N) is 2. The molecule has 1 aliphatic rings. The molecule has 1 atom stereocenters. The molecule has 0 spiro atoms. The van der Waals surface area contributed by atoms with Gasteiger partial charge >= 0.3 is 0 Å². The number of aliphatic hydroxyl groups excluding tert-OH is 1. The molecule has 1 saturated heterocycles. The van der Waals surface area contributed by atoms with Crippen LogP contribution in [0.25, 0.3) is 10.9 Å². The molecule has 2 aromatic carbocycles. The van der Waals surface area contributed by atoms with Crippen molar-refractivity contribution in [1.82, 2.24) is 9.88 Å². The second kappa shape index (κ2) is 11.6. The highest BCUT2D eigenvalue weighted by Gasteiger charge is 2.35. The molecule has 0 amide bonds. The number of ether oxygens (including phenoxy) is 1. The average molecular weight is 503 g/mol. The van der Waals surface area contributed by atoms with Gasteiger partial charge in [0.1, 0.15) is 17.7 Å². The Morgan fingerprint density at radius 1 is 1.20 bits per heavy atom. The Labute approximate surface area is 210 Å². The number of aromatic nitrogens is 1. The molecule has 0 radical (unpaired) electrons. The molecule has 35 heavy (non-hydrogen) atoms. The maximum absolute atomic E-state index is 15.6. The van der Waals surface area contributed by atoms with Crippen molar-refractivity contribution in [1.29, 1.82) is 0 Å². The van der Waals surface area contributed by atoms with E-state index >= 15 is 4.39 Å². The summed E-state index contributed by atoms with van der Waals surface area (Å²) in [6.45, 7) is 2.64. The van der Waals surface area contributed by atoms with Crippen LogP contribution in [-0.4, -0.2) is 48.3 Å². The molecule has 0 saturated carbocycles. The SMILES string of the molecule is COc1ccc2ncc(Cl)c(C(F)CCC3(CO)CCN(CCCc4ccccc4F)CC3)c2c1. The van der Waals surface area contributed by atoms with E-state index in [0.717, 1.165) is 44.5 Å². The van der Waals surface area contributed by atoms with Gasteiger partial charge in [0.25, 0.3) is 0 Å². The second-order valence-electron chi connectivity index (χ2n) is 9.60. The van der Waals surface area contributed by atoms with E-state index in [9.17, 15) is 9.50 Å². The van der Waals surface area contributed by atoms with E-state index in [-0.39, 0.29) is 24.3 Å². The van der Waals surface area contributed by atoms with Crippen molar-refractivity contribution >= 4 is 22.5 Å². The summed E-state index contributed by atoms with van der Waals surface area (Å²) in [5.74, 6) is 0.482. The van der Waals surface area contributed by atoms with Gasteiger partial charge in [-0.1, -0.05) is 29.8 Å². The molecule has 4 rings (SSSR count). The number of halogens is 3. The zero-order valence-corrected chi connectivity index (χ0v) is 20.9. The summed E-state index contributed by atoms with van der Waals surface area (Å²) >= 11 is 6.38. The van der Waals surface area contributed by atoms with Crippen molar-refractivity contribution < 1.29 is 18.6 Å². The average Bonchev–Trinajstić information content (AvgIpc) is 2.89. The predicted octanol–water partition coefficient (Wildman–Crippen LogP) is 6.53. The number of rotatable bonds is 10. The van der Waals surface area contributed by atoms with Crippen molar-refractivity contribution in [3.05, 3.63) is 70.6 Å². The Morgan fingerprint density at radius 2 is 1.97 bits per heavy atom. The minimum Gasteiger partial charge on any atom is -0.497 e.